The Balaban J connectivity index is 3.29. The molecule has 0 heterocycles. The summed E-state index contributed by atoms with van der Waals surface area (Å²) in [6, 6.07) is 4.66. The van der Waals surface area contributed by atoms with Gasteiger partial charge in [0.05, 0.1) is 11.4 Å². The maximum atomic E-state index is 11.2. The first kappa shape index (κ1) is 10.6. The molecule has 0 spiro atoms. The summed E-state index contributed by atoms with van der Waals surface area (Å²) in [5.74, 6) is -0.583. The monoisotopic (exact) mass is 209 g/mol. The largest absolute Gasteiger partial charge is 0.507 e. The van der Waals surface area contributed by atoms with Crippen LogP contribution in [0.2, 0.25) is 0 Å². The van der Waals surface area contributed by atoms with Gasteiger partial charge < -0.3 is 5.11 Å². The highest BCUT2D eigenvalue weighted by Crippen LogP contribution is 2.22. The number of rotatable bonds is 2. The van der Waals surface area contributed by atoms with E-state index in [2.05, 4.69) is 0 Å². The van der Waals surface area contributed by atoms with Crippen LogP contribution in [-0.4, -0.2) is 16.8 Å². The number of hydrogen-bond donors (Lipinski definition) is 1. The van der Waals surface area contributed by atoms with Gasteiger partial charge in [0, 0.05) is 5.56 Å². The molecule has 4 heteroatoms. The number of halogens is 1. The summed E-state index contributed by atoms with van der Waals surface area (Å²) in [7, 11) is 0. The van der Waals surface area contributed by atoms with Crippen molar-refractivity contribution in [3.63, 3.8) is 0 Å². The topological polar surface area (TPSA) is 61.1 Å². The molecule has 0 bridgehead atoms. The second kappa shape index (κ2) is 4.12. The first-order valence-electron chi connectivity index (χ1n) is 3.93. The molecule has 0 aromatic heterocycles. The van der Waals surface area contributed by atoms with Gasteiger partial charge in [-0.2, -0.15) is 5.26 Å². The number of phenols is 1. The Morgan fingerprint density at radius 1 is 1.64 bits per heavy atom. The van der Waals surface area contributed by atoms with Gasteiger partial charge >= 0.3 is 0 Å². The summed E-state index contributed by atoms with van der Waals surface area (Å²) in [4.78, 5) is 11.2. The minimum absolute atomic E-state index is 0.134. The van der Waals surface area contributed by atoms with Crippen LogP contribution in [0.4, 0.5) is 0 Å². The first-order chi connectivity index (χ1) is 6.60. The Morgan fingerprint density at radius 2 is 2.29 bits per heavy atom. The second-order valence-corrected chi connectivity index (χ2v) is 3.12. The Labute approximate surface area is 86.5 Å². The van der Waals surface area contributed by atoms with Crippen LogP contribution in [-0.2, 0) is 0 Å². The van der Waals surface area contributed by atoms with Gasteiger partial charge in [0.25, 0.3) is 0 Å². The lowest BCUT2D eigenvalue weighted by Gasteiger charge is -2.03. The number of alkyl halides is 1. The lowest BCUT2D eigenvalue weighted by molar-refractivity contribution is 0.102. The molecule has 0 aliphatic rings. The highest BCUT2D eigenvalue weighted by Gasteiger charge is 2.10. The van der Waals surface area contributed by atoms with Crippen LogP contribution >= 0.6 is 11.6 Å². The normalized spacial score (nSPS) is 9.50. The van der Waals surface area contributed by atoms with Gasteiger partial charge in [0.2, 0.25) is 0 Å². The van der Waals surface area contributed by atoms with E-state index in [1.807, 2.05) is 6.07 Å². The molecular weight excluding hydrogens is 202 g/mol. The summed E-state index contributed by atoms with van der Waals surface area (Å²) >= 11 is 5.37. The average molecular weight is 210 g/mol. The van der Waals surface area contributed by atoms with Crippen LogP contribution in [0.5, 0.6) is 5.75 Å². The molecule has 0 aliphatic heterocycles. The number of nitrogens with zero attached hydrogens (tertiary/aromatic N) is 1. The zero-order chi connectivity index (χ0) is 10.7. The number of ketones is 1. The molecule has 0 unspecified atom stereocenters. The molecule has 0 amide bonds. The van der Waals surface area contributed by atoms with Crippen molar-refractivity contribution < 1.29 is 9.90 Å². The number of carbonyl (C=O) groups is 1. The van der Waals surface area contributed by atoms with Crippen LogP contribution in [0.25, 0.3) is 0 Å². The van der Waals surface area contributed by atoms with E-state index in [4.69, 9.17) is 16.9 Å². The maximum absolute atomic E-state index is 11.2. The molecule has 1 rings (SSSR count). The minimum atomic E-state index is -0.269. The standard InChI is InChI=1S/C10H8ClNO2/c1-6-2-7(10(14)4-11)3-9(13)8(6)5-12/h2-3,13H,4H2,1H3. The fourth-order valence-corrected chi connectivity index (χ4v) is 1.31. The van der Waals surface area contributed by atoms with E-state index in [1.54, 1.807) is 13.0 Å². The van der Waals surface area contributed by atoms with Gasteiger partial charge in [-0.3, -0.25) is 4.79 Å². The van der Waals surface area contributed by atoms with Crippen LogP contribution in [0.3, 0.4) is 0 Å². The quantitative estimate of drug-likeness (QED) is 0.599. The summed E-state index contributed by atoms with van der Waals surface area (Å²) in [5.41, 5.74) is 1.09. The predicted octanol–water partition coefficient (Wildman–Crippen LogP) is 1.99. The minimum Gasteiger partial charge on any atom is -0.507 e. The van der Waals surface area contributed by atoms with E-state index in [-0.39, 0.29) is 23.0 Å². The van der Waals surface area contributed by atoms with Crippen molar-refractivity contribution in [3.05, 3.63) is 28.8 Å². The number of aryl methyl sites for hydroxylation is 1. The smallest absolute Gasteiger partial charge is 0.177 e. The first-order valence-corrected chi connectivity index (χ1v) is 4.46. The SMILES string of the molecule is Cc1cc(C(=O)CCl)cc(O)c1C#N. The van der Waals surface area contributed by atoms with Gasteiger partial charge in [-0.05, 0) is 24.6 Å². The number of hydrogen-bond acceptors (Lipinski definition) is 3. The van der Waals surface area contributed by atoms with Gasteiger partial charge in [0.15, 0.2) is 5.78 Å². The van der Waals surface area contributed by atoms with E-state index in [0.29, 0.717) is 11.1 Å². The summed E-state index contributed by atoms with van der Waals surface area (Å²) in [5, 5.41) is 18.1. The van der Waals surface area contributed by atoms with Crippen molar-refractivity contribution in [1.29, 1.82) is 5.26 Å². The van der Waals surface area contributed by atoms with Gasteiger partial charge in [-0.1, -0.05) is 0 Å². The Hall–Kier alpha value is -1.53. The highest BCUT2D eigenvalue weighted by molar-refractivity contribution is 6.30. The van der Waals surface area contributed by atoms with Crippen molar-refractivity contribution in [2.75, 3.05) is 5.88 Å². The van der Waals surface area contributed by atoms with E-state index in [0.717, 1.165) is 0 Å². The molecule has 3 nitrogen and oxygen atoms in total. The zero-order valence-electron chi connectivity index (χ0n) is 7.54. The third kappa shape index (κ3) is 1.86. The lowest BCUT2D eigenvalue weighted by Crippen LogP contribution is -2.01. The van der Waals surface area contributed by atoms with Crippen molar-refractivity contribution in [2.45, 2.75) is 6.92 Å². The molecule has 1 aromatic carbocycles. The van der Waals surface area contributed by atoms with E-state index in [1.165, 1.54) is 6.07 Å². The number of Topliss-reactive ketones (excluding diaryl/α,β-unsaturated/α-hetero) is 1. The molecule has 1 aromatic rings. The van der Waals surface area contributed by atoms with Gasteiger partial charge in [0.1, 0.15) is 11.8 Å². The maximum Gasteiger partial charge on any atom is 0.177 e. The lowest BCUT2D eigenvalue weighted by atomic mass is 10.0. The summed E-state index contributed by atoms with van der Waals surface area (Å²) < 4.78 is 0. The Kier molecular flexibility index (Phi) is 3.10. The highest BCUT2D eigenvalue weighted by atomic mass is 35.5. The van der Waals surface area contributed by atoms with Crippen molar-refractivity contribution >= 4 is 17.4 Å². The fraction of sp³-hybridized carbons (Fsp3) is 0.200. The second-order valence-electron chi connectivity index (χ2n) is 2.86. The molecule has 72 valence electrons. The van der Waals surface area contributed by atoms with Crippen molar-refractivity contribution in [1.82, 2.24) is 0 Å². The molecule has 0 fully saturated rings. The van der Waals surface area contributed by atoms with E-state index < -0.39 is 0 Å². The molecule has 0 saturated heterocycles. The van der Waals surface area contributed by atoms with Crippen LogP contribution in [0, 0.1) is 18.3 Å². The van der Waals surface area contributed by atoms with Gasteiger partial charge in [-0.25, -0.2) is 0 Å². The van der Waals surface area contributed by atoms with Crippen LogP contribution in [0.15, 0.2) is 12.1 Å². The number of phenolic OH excluding ortho intramolecular Hbond substituents is 1. The molecule has 0 saturated carbocycles. The average Bonchev–Trinajstić information content (AvgIpc) is 2.16. The Morgan fingerprint density at radius 3 is 2.71 bits per heavy atom. The zero-order valence-corrected chi connectivity index (χ0v) is 8.30. The predicted molar refractivity (Wildman–Crippen MR) is 52.6 cm³/mol. The summed E-state index contributed by atoms with van der Waals surface area (Å²) in [6.07, 6.45) is 0. The fourth-order valence-electron chi connectivity index (χ4n) is 1.15. The molecular formula is C10H8ClNO2. The number of aromatic hydroxyl groups is 1. The molecule has 0 atom stereocenters. The van der Waals surface area contributed by atoms with Gasteiger partial charge in [-0.15, -0.1) is 11.6 Å². The van der Waals surface area contributed by atoms with Crippen LogP contribution < -0.4 is 0 Å². The molecule has 0 aliphatic carbocycles. The van der Waals surface area contributed by atoms with Crippen molar-refractivity contribution in [2.24, 2.45) is 0 Å². The molecule has 0 radical (unpaired) electrons. The van der Waals surface area contributed by atoms with Crippen LogP contribution in [0.1, 0.15) is 21.5 Å². The van der Waals surface area contributed by atoms with E-state index in [9.17, 15) is 9.90 Å². The van der Waals surface area contributed by atoms with Crippen molar-refractivity contribution in [3.8, 4) is 11.8 Å². The third-order valence-corrected chi connectivity index (χ3v) is 2.11. The molecule has 1 N–H and O–H groups in total. The Bertz CT molecular complexity index is 398. The van der Waals surface area contributed by atoms with E-state index >= 15 is 0 Å². The molecule has 14 heavy (non-hydrogen) atoms. The summed E-state index contributed by atoms with van der Waals surface area (Å²) in [6.45, 7) is 1.66. The number of carbonyl (C=O) groups excluding carboxylic acids is 1. The number of benzene rings is 1. The third-order valence-electron chi connectivity index (χ3n) is 1.87. The number of nitriles is 1.